The Morgan fingerprint density at radius 2 is 1.78 bits per heavy atom. The molecule has 3 heterocycles. The largest absolute Gasteiger partial charge is 0.322 e. The number of pyridine rings is 1. The van der Waals surface area contributed by atoms with E-state index in [2.05, 4.69) is 31.2 Å². The van der Waals surface area contributed by atoms with Crippen LogP contribution in [0.15, 0.2) is 70.2 Å². The predicted octanol–water partition coefficient (Wildman–Crippen LogP) is 5.63. The van der Waals surface area contributed by atoms with Crippen molar-refractivity contribution >= 4 is 59.3 Å². The summed E-state index contributed by atoms with van der Waals surface area (Å²) >= 11 is 4.74. The van der Waals surface area contributed by atoms with E-state index in [9.17, 15) is 9.59 Å². The van der Waals surface area contributed by atoms with Crippen molar-refractivity contribution in [2.24, 2.45) is 0 Å². The maximum atomic E-state index is 13.2. The van der Waals surface area contributed by atoms with Crippen LogP contribution in [0, 0.1) is 13.8 Å². The van der Waals surface area contributed by atoms with Gasteiger partial charge in [-0.1, -0.05) is 15.9 Å². The molecular formula is C24H17BrN4O2S. The van der Waals surface area contributed by atoms with E-state index in [1.54, 1.807) is 24.3 Å². The van der Waals surface area contributed by atoms with Gasteiger partial charge in [0.05, 0.1) is 11.2 Å². The molecule has 0 saturated carbocycles. The molecule has 0 spiro atoms. The number of carbonyl (C=O) groups excluding carboxylic acids is 1. The third-order valence-electron chi connectivity index (χ3n) is 5.19. The fourth-order valence-corrected chi connectivity index (χ4v) is 5.11. The molecule has 3 aromatic heterocycles. The number of fused-ring (bicyclic) bond motifs is 3. The van der Waals surface area contributed by atoms with Gasteiger partial charge in [-0.15, -0.1) is 11.3 Å². The van der Waals surface area contributed by atoms with Gasteiger partial charge in [0.15, 0.2) is 0 Å². The minimum atomic E-state index is -0.221. The van der Waals surface area contributed by atoms with Crippen LogP contribution in [-0.2, 0) is 0 Å². The second kappa shape index (κ2) is 7.96. The van der Waals surface area contributed by atoms with Crippen LogP contribution in [0.25, 0.3) is 26.1 Å². The maximum absolute atomic E-state index is 13.2. The number of carbonyl (C=O) groups is 1. The molecule has 32 heavy (non-hydrogen) atoms. The number of nitrogens with one attached hydrogen (secondary N) is 1. The highest BCUT2D eigenvalue weighted by Crippen LogP contribution is 2.31. The lowest BCUT2D eigenvalue weighted by atomic mass is 10.1. The molecule has 1 amide bonds. The van der Waals surface area contributed by atoms with Gasteiger partial charge in [0.1, 0.15) is 15.9 Å². The van der Waals surface area contributed by atoms with Crippen molar-refractivity contribution < 1.29 is 4.79 Å². The van der Waals surface area contributed by atoms with E-state index in [1.165, 1.54) is 22.2 Å². The summed E-state index contributed by atoms with van der Waals surface area (Å²) in [6, 6.07) is 16.2. The lowest BCUT2D eigenvalue weighted by Gasteiger charge is -2.08. The first kappa shape index (κ1) is 20.5. The average molecular weight is 505 g/mol. The Hall–Kier alpha value is -3.36. The summed E-state index contributed by atoms with van der Waals surface area (Å²) in [5.74, 6) is -0.221. The highest BCUT2D eigenvalue weighted by molar-refractivity contribution is 9.10. The molecule has 0 bridgehead atoms. The molecular weight excluding hydrogens is 488 g/mol. The van der Waals surface area contributed by atoms with E-state index in [-0.39, 0.29) is 11.5 Å². The number of rotatable bonds is 3. The zero-order valence-electron chi connectivity index (χ0n) is 17.2. The molecule has 0 atom stereocenters. The summed E-state index contributed by atoms with van der Waals surface area (Å²) in [6.45, 7) is 3.95. The Balaban J connectivity index is 1.49. The standard InChI is InChI=1S/C24H17BrN4O2S/c1-13-11-14(2)27-23-19(13)20-21(32-23)24(31)29(12-26-20)18-9-3-15(4-10-18)22(30)28-17-7-5-16(25)6-8-17/h3-12H,1-2H3,(H,28,30). The van der Waals surface area contributed by atoms with Gasteiger partial charge in [-0.05, 0) is 74.0 Å². The van der Waals surface area contributed by atoms with Crippen LogP contribution >= 0.6 is 27.3 Å². The molecule has 0 aliphatic rings. The van der Waals surface area contributed by atoms with Gasteiger partial charge in [-0.3, -0.25) is 14.2 Å². The molecule has 5 rings (SSSR count). The number of aryl methyl sites for hydroxylation is 2. The first-order chi connectivity index (χ1) is 15.4. The number of hydrogen-bond donors (Lipinski definition) is 1. The van der Waals surface area contributed by atoms with Gasteiger partial charge in [0.25, 0.3) is 11.5 Å². The minimum absolute atomic E-state index is 0.151. The van der Waals surface area contributed by atoms with Gasteiger partial charge < -0.3 is 5.32 Å². The highest BCUT2D eigenvalue weighted by Gasteiger charge is 2.16. The van der Waals surface area contributed by atoms with Gasteiger partial charge in [0, 0.05) is 26.8 Å². The summed E-state index contributed by atoms with van der Waals surface area (Å²) < 4.78 is 3.01. The number of anilines is 1. The van der Waals surface area contributed by atoms with Crippen LogP contribution in [0.1, 0.15) is 21.6 Å². The Labute approximate surface area is 195 Å². The number of aromatic nitrogens is 3. The Kier molecular flexibility index (Phi) is 5.11. The van der Waals surface area contributed by atoms with E-state index >= 15 is 0 Å². The fourth-order valence-electron chi connectivity index (χ4n) is 3.66. The van der Waals surface area contributed by atoms with Crippen LogP contribution in [0.2, 0.25) is 0 Å². The van der Waals surface area contributed by atoms with E-state index < -0.39 is 0 Å². The van der Waals surface area contributed by atoms with Crippen LogP contribution in [0.5, 0.6) is 0 Å². The van der Waals surface area contributed by atoms with Crippen molar-refractivity contribution in [3.05, 3.63) is 92.6 Å². The zero-order valence-corrected chi connectivity index (χ0v) is 19.6. The predicted molar refractivity (Wildman–Crippen MR) is 132 cm³/mol. The molecule has 2 aromatic carbocycles. The van der Waals surface area contributed by atoms with E-state index in [0.717, 1.165) is 25.9 Å². The number of halogens is 1. The van der Waals surface area contributed by atoms with E-state index in [0.29, 0.717) is 27.2 Å². The summed E-state index contributed by atoms with van der Waals surface area (Å²) in [5.41, 5.74) is 4.35. The summed E-state index contributed by atoms with van der Waals surface area (Å²) in [4.78, 5) is 35.7. The molecule has 0 unspecified atom stereocenters. The normalized spacial score (nSPS) is 11.2. The number of nitrogens with zero attached hydrogens (tertiary/aromatic N) is 3. The highest BCUT2D eigenvalue weighted by atomic mass is 79.9. The van der Waals surface area contributed by atoms with Gasteiger partial charge in [-0.25, -0.2) is 9.97 Å². The third kappa shape index (κ3) is 3.61. The maximum Gasteiger partial charge on any atom is 0.275 e. The van der Waals surface area contributed by atoms with Crippen molar-refractivity contribution in [3.8, 4) is 5.69 Å². The lowest BCUT2D eigenvalue weighted by Crippen LogP contribution is -2.18. The van der Waals surface area contributed by atoms with Gasteiger partial charge in [0.2, 0.25) is 0 Å². The Morgan fingerprint density at radius 3 is 2.50 bits per heavy atom. The molecule has 0 aliphatic heterocycles. The van der Waals surface area contributed by atoms with Crippen LogP contribution < -0.4 is 10.9 Å². The fraction of sp³-hybridized carbons (Fsp3) is 0.0833. The SMILES string of the molecule is Cc1cc(C)c2c(n1)sc1c(=O)n(-c3ccc(C(=O)Nc4ccc(Br)cc4)cc3)cnc12. The molecule has 6 nitrogen and oxygen atoms in total. The number of hydrogen-bond acceptors (Lipinski definition) is 5. The quantitative estimate of drug-likeness (QED) is 0.345. The summed E-state index contributed by atoms with van der Waals surface area (Å²) in [6.07, 6.45) is 1.53. The molecule has 158 valence electrons. The van der Waals surface area contributed by atoms with Crippen LogP contribution in [0.4, 0.5) is 5.69 Å². The van der Waals surface area contributed by atoms with Crippen molar-refractivity contribution in [1.82, 2.24) is 14.5 Å². The van der Waals surface area contributed by atoms with E-state index in [4.69, 9.17) is 0 Å². The number of thiophene rings is 1. The van der Waals surface area contributed by atoms with Crippen molar-refractivity contribution in [2.45, 2.75) is 13.8 Å². The molecule has 8 heteroatoms. The van der Waals surface area contributed by atoms with Crippen molar-refractivity contribution in [2.75, 3.05) is 5.32 Å². The molecule has 0 saturated heterocycles. The number of benzene rings is 2. The minimum Gasteiger partial charge on any atom is -0.322 e. The lowest BCUT2D eigenvalue weighted by molar-refractivity contribution is 0.102. The Morgan fingerprint density at radius 1 is 1.06 bits per heavy atom. The second-order valence-corrected chi connectivity index (χ2v) is 9.38. The molecule has 0 fully saturated rings. The summed E-state index contributed by atoms with van der Waals surface area (Å²) in [5, 5.41) is 3.79. The Bertz CT molecular complexity index is 1550. The molecule has 0 aliphatic carbocycles. The first-order valence-electron chi connectivity index (χ1n) is 9.86. The average Bonchev–Trinajstić information content (AvgIpc) is 3.15. The molecule has 1 N–H and O–H groups in total. The second-order valence-electron chi connectivity index (χ2n) is 7.47. The topological polar surface area (TPSA) is 76.9 Å². The smallest absolute Gasteiger partial charge is 0.275 e. The van der Waals surface area contributed by atoms with Gasteiger partial charge in [-0.2, -0.15) is 0 Å². The van der Waals surface area contributed by atoms with E-state index in [1.807, 2.05) is 44.2 Å². The van der Waals surface area contributed by atoms with Gasteiger partial charge >= 0.3 is 0 Å². The zero-order chi connectivity index (χ0) is 22.4. The summed E-state index contributed by atoms with van der Waals surface area (Å²) in [7, 11) is 0. The van der Waals surface area contributed by atoms with Crippen molar-refractivity contribution in [1.29, 1.82) is 0 Å². The number of amides is 1. The third-order valence-corrected chi connectivity index (χ3v) is 6.78. The molecule has 5 aromatic rings. The van der Waals surface area contributed by atoms with Crippen LogP contribution in [0.3, 0.4) is 0 Å². The van der Waals surface area contributed by atoms with Crippen LogP contribution in [-0.4, -0.2) is 20.4 Å². The van der Waals surface area contributed by atoms with Crippen molar-refractivity contribution in [3.63, 3.8) is 0 Å². The molecule has 0 radical (unpaired) electrons. The first-order valence-corrected chi connectivity index (χ1v) is 11.5. The monoisotopic (exact) mass is 504 g/mol.